The smallest absolute Gasteiger partial charge is 0.194 e. The number of fused-ring (bicyclic) bond motifs is 1. The summed E-state index contributed by atoms with van der Waals surface area (Å²) in [7, 11) is 0. The Morgan fingerprint density at radius 3 is 2.65 bits per heavy atom. The number of aryl methyl sites for hydroxylation is 1. The van der Waals surface area contributed by atoms with E-state index in [2.05, 4.69) is 4.98 Å². The number of hydrogen-bond donors (Lipinski definition) is 1. The van der Waals surface area contributed by atoms with Gasteiger partial charge in [0.25, 0.3) is 0 Å². The highest BCUT2D eigenvalue weighted by Gasteiger charge is 2.16. The molecule has 0 atom stereocenters. The zero-order valence-corrected chi connectivity index (χ0v) is 10.8. The van der Waals surface area contributed by atoms with Crippen LogP contribution >= 0.6 is 23.2 Å². The molecule has 2 nitrogen and oxygen atoms in total. The maximum Gasteiger partial charge on any atom is 0.194 e. The predicted octanol–water partition coefficient (Wildman–Crippen LogP) is 3.84. The molecule has 17 heavy (non-hydrogen) atoms. The van der Waals surface area contributed by atoms with E-state index < -0.39 is 5.82 Å². The van der Waals surface area contributed by atoms with E-state index in [4.69, 9.17) is 23.2 Å². The molecule has 0 unspecified atom stereocenters. The fraction of sp³-hybridized carbons (Fsp3) is 0.250. The molecule has 0 radical (unpaired) electrons. The van der Waals surface area contributed by atoms with Crippen molar-refractivity contribution in [3.8, 4) is 0 Å². The molecule has 0 aliphatic heterocycles. The predicted molar refractivity (Wildman–Crippen MR) is 68.7 cm³/mol. The summed E-state index contributed by atoms with van der Waals surface area (Å²) in [6.07, 6.45) is 0.684. The summed E-state index contributed by atoms with van der Waals surface area (Å²) in [5.41, 5.74) is 1.58. The number of benzene rings is 1. The molecule has 0 amide bonds. The van der Waals surface area contributed by atoms with Crippen LogP contribution in [-0.2, 0) is 6.42 Å². The van der Waals surface area contributed by atoms with E-state index >= 15 is 0 Å². The van der Waals surface area contributed by atoms with Gasteiger partial charge < -0.3 is 4.98 Å². The molecule has 0 saturated carbocycles. The average molecular weight is 274 g/mol. The Labute approximate surface area is 107 Å². The Bertz CT molecular complexity index is 664. The second-order valence-electron chi connectivity index (χ2n) is 3.82. The molecule has 1 N–H and O–H groups in total. The molecule has 0 aliphatic carbocycles. The van der Waals surface area contributed by atoms with Gasteiger partial charge in [0.2, 0.25) is 0 Å². The van der Waals surface area contributed by atoms with Gasteiger partial charge in [0.15, 0.2) is 11.2 Å². The van der Waals surface area contributed by atoms with Crippen LogP contribution in [0.2, 0.25) is 10.0 Å². The monoisotopic (exact) mass is 273 g/mol. The molecule has 0 aliphatic rings. The van der Waals surface area contributed by atoms with Gasteiger partial charge in [-0.2, -0.15) is 0 Å². The summed E-state index contributed by atoms with van der Waals surface area (Å²) in [4.78, 5) is 15.1. The standard InChI is InChI=1S/C12H10Cl2FNO/c1-3-7-5(2)12(17)9-8(16-7)4-6(13)11(15)10(9)14/h4H,3H2,1-2H3,(H,16,17). The van der Waals surface area contributed by atoms with Crippen LogP contribution < -0.4 is 5.43 Å². The van der Waals surface area contributed by atoms with E-state index in [0.717, 1.165) is 5.69 Å². The molecule has 1 aromatic heterocycles. The number of aromatic nitrogens is 1. The summed E-state index contributed by atoms with van der Waals surface area (Å²) in [6, 6.07) is 1.39. The van der Waals surface area contributed by atoms with E-state index in [1.54, 1.807) is 6.92 Å². The third kappa shape index (κ3) is 1.83. The Morgan fingerprint density at radius 2 is 2.06 bits per heavy atom. The van der Waals surface area contributed by atoms with Crippen molar-refractivity contribution in [1.29, 1.82) is 0 Å². The summed E-state index contributed by atoms with van der Waals surface area (Å²) in [5.74, 6) is -0.755. The molecule has 2 rings (SSSR count). The number of pyridine rings is 1. The first-order chi connectivity index (χ1) is 7.97. The van der Waals surface area contributed by atoms with Gasteiger partial charge in [-0.1, -0.05) is 30.1 Å². The lowest BCUT2D eigenvalue weighted by atomic mass is 10.1. The number of aromatic amines is 1. The Kier molecular flexibility index (Phi) is 3.15. The van der Waals surface area contributed by atoms with Crippen LogP contribution in [0.25, 0.3) is 10.9 Å². The molecule has 1 aromatic carbocycles. The minimum atomic E-state index is -0.755. The molecule has 5 heteroatoms. The largest absolute Gasteiger partial charge is 0.358 e. The van der Waals surface area contributed by atoms with Crippen LogP contribution in [0.3, 0.4) is 0 Å². The Morgan fingerprint density at radius 1 is 1.41 bits per heavy atom. The van der Waals surface area contributed by atoms with Gasteiger partial charge in [0.1, 0.15) is 0 Å². The fourth-order valence-corrected chi connectivity index (χ4v) is 2.39. The van der Waals surface area contributed by atoms with Crippen molar-refractivity contribution < 1.29 is 4.39 Å². The van der Waals surface area contributed by atoms with Crippen LogP contribution in [-0.4, -0.2) is 4.98 Å². The maximum atomic E-state index is 13.5. The number of rotatable bonds is 1. The van der Waals surface area contributed by atoms with E-state index in [1.165, 1.54) is 6.07 Å². The second-order valence-corrected chi connectivity index (χ2v) is 4.61. The van der Waals surface area contributed by atoms with Crippen molar-refractivity contribution in [2.75, 3.05) is 0 Å². The first-order valence-corrected chi connectivity index (χ1v) is 5.92. The highest BCUT2D eigenvalue weighted by Crippen LogP contribution is 2.29. The number of H-pyrrole nitrogens is 1. The molecular weight excluding hydrogens is 264 g/mol. The summed E-state index contributed by atoms with van der Waals surface area (Å²) in [5, 5.41) is -0.160. The third-order valence-corrected chi connectivity index (χ3v) is 3.45. The van der Waals surface area contributed by atoms with E-state index in [0.29, 0.717) is 17.5 Å². The molecule has 0 spiro atoms. The van der Waals surface area contributed by atoms with Crippen LogP contribution in [0.4, 0.5) is 4.39 Å². The normalized spacial score (nSPS) is 11.1. The molecule has 0 fully saturated rings. The lowest BCUT2D eigenvalue weighted by Gasteiger charge is -2.08. The van der Waals surface area contributed by atoms with Gasteiger partial charge in [-0.3, -0.25) is 4.79 Å². The third-order valence-electron chi connectivity index (χ3n) is 2.82. The molecule has 0 saturated heterocycles. The molecule has 1 heterocycles. The molecule has 0 bridgehead atoms. The SMILES string of the molecule is CCc1[nH]c2cc(Cl)c(F)c(Cl)c2c(=O)c1C. The quantitative estimate of drug-likeness (QED) is 0.787. The van der Waals surface area contributed by atoms with Crippen LogP contribution in [0, 0.1) is 12.7 Å². The molecule has 90 valence electrons. The first kappa shape index (κ1) is 12.4. The highest BCUT2D eigenvalue weighted by molar-refractivity contribution is 6.38. The van der Waals surface area contributed by atoms with Gasteiger partial charge in [-0.25, -0.2) is 4.39 Å². The topological polar surface area (TPSA) is 32.9 Å². The zero-order chi connectivity index (χ0) is 12.7. The van der Waals surface area contributed by atoms with Crippen molar-refractivity contribution in [2.45, 2.75) is 20.3 Å². The molecular formula is C12H10Cl2FNO. The average Bonchev–Trinajstić information content (AvgIpc) is 2.30. The maximum absolute atomic E-state index is 13.5. The minimum absolute atomic E-state index is 0.0935. The fourth-order valence-electron chi connectivity index (χ4n) is 1.85. The summed E-state index contributed by atoms with van der Waals surface area (Å²) >= 11 is 11.5. The van der Waals surface area contributed by atoms with E-state index in [9.17, 15) is 9.18 Å². The van der Waals surface area contributed by atoms with Crippen LogP contribution in [0.5, 0.6) is 0 Å². The second kappa shape index (κ2) is 4.31. The summed E-state index contributed by atoms with van der Waals surface area (Å²) < 4.78 is 13.5. The lowest BCUT2D eigenvalue weighted by molar-refractivity contribution is 0.630. The minimum Gasteiger partial charge on any atom is -0.358 e. The lowest BCUT2D eigenvalue weighted by Crippen LogP contribution is -2.12. The molecule has 2 aromatic rings. The first-order valence-electron chi connectivity index (χ1n) is 5.16. The van der Waals surface area contributed by atoms with Gasteiger partial charge in [-0.15, -0.1) is 0 Å². The van der Waals surface area contributed by atoms with Crippen molar-refractivity contribution >= 4 is 34.1 Å². The summed E-state index contributed by atoms with van der Waals surface area (Å²) in [6.45, 7) is 3.62. The van der Waals surface area contributed by atoms with Crippen LogP contribution in [0.1, 0.15) is 18.2 Å². The van der Waals surface area contributed by atoms with Crippen molar-refractivity contribution in [3.63, 3.8) is 0 Å². The Balaban J connectivity index is 3.03. The number of nitrogens with one attached hydrogen (secondary N) is 1. The van der Waals surface area contributed by atoms with Crippen molar-refractivity contribution in [1.82, 2.24) is 4.98 Å². The van der Waals surface area contributed by atoms with Gasteiger partial charge in [0.05, 0.1) is 20.9 Å². The van der Waals surface area contributed by atoms with Gasteiger partial charge >= 0.3 is 0 Å². The van der Waals surface area contributed by atoms with E-state index in [-0.39, 0.29) is 20.9 Å². The van der Waals surface area contributed by atoms with Gasteiger partial charge in [0, 0.05) is 11.3 Å². The van der Waals surface area contributed by atoms with Crippen LogP contribution in [0.15, 0.2) is 10.9 Å². The number of halogens is 3. The van der Waals surface area contributed by atoms with Gasteiger partial charge in [-0.05, 0) is 19.4 Å². The highest BCUT2D eigenvalue weighted by atomic mass is 35.5. The Hall–Kier alpha value is -1.06. The number of hydrogen-bond acceptors (Lipinski definition) is 1. The zero-order valence-electron chi connectivity index (χ0n) is 9.33. The van der Waals surface area contributed by atoms with E-state index in [1.807, 2.05) is 6.92 Å². The van der Waals surface area contributed by atoms with Crippen molar-refractivity contribution in [2.24, 2.45) is 0 Å². The van der Waals surface area contributed by atoms with Crippen molar-refractivity contribution in [3.05, 3.63) is 43.4 Å².